The van der Waals surface area contributed by atoms with Gasteiger partial charge in [0, 0.05) is 31.5 Å². The average molecular weight is 206 g/mol. The lowest BCUT2D eigenvalue weighted by molar-refractivity contribution is 0.346. The van der Waals surface area contributed by atoms with Gasteiger partial charge in [-0.2, -0.15) is 0 Å². The Balaban J connectivity index is 2.06. The summed E-state index contributed by atoms with van der Waals surface area (Å²) in [5.41, 5.74) is 6.07. The first-order chi connectivity index (χ1) is 7.31. The van der Waals surface area contributed by atoms with Gasteiger partial charge < -0.3 is 10.6 Å². The summed E-state index contributed by atoms with van der Waals surface area (Å²) >= 11 is 0. The van der Waals surface area contributed by atoms with Gasteiger partial charge in [0.25, 0.3) is 0 Å². The molecule has 2 rings (SSSR count). The molecule has 1 aromatic rings. The van der Waals surface area contributed by atoms with Crippen molar-refractivity contribution in [3.05, 3.63) is 18.6 Å². The van der Waals surface area contributed by atoms with Crippen LogP contribution in [0.5, 0.6) is 0 Å². The summed E-state index contributed by atoms with van der Waals surface area (Å²) in [7, 11) is 0. The van der Waals surface area contributed by atoms with E-state index in [-0.39, 0.29) is 0 Å². The van der Waals surface area contributed by atoms with Crippen molar-refractivity contribution in [1.82, 2.24) is 9.97 Å². The zero-order valence-corrected chi connectivity index (χ0v) is 9.13. The lowest BCUT2D eigenvalue weighted by Crippen LogP contribution is -2.47. The smallest absolute Gasteiger partial charge is 0.147 e. The Morgan fingerprint density at radius 2 is 2.40 bits per heavy atom. The van der Waals surface area contributed by atoms with Crippen LogP contribution < -0.4 is 10.6 Å². The number of piperidine rings is 1. The van der Waals surface area contributed by atoms with Crippen molar-refractivity contribution in [1.29, 1.82) is 0 Å². The van der Waals surface area contributed by atoms with Crippen LogP contribution in [0.3, 0.4) is 0 Å². The van der Waals surface area contributed by atoms with Crippen molar-refractivity contribution in [3.63, 3.8) is 0 Å². The highest BCUT2D eigenvalue weighted by Crippen LogP contribution is 2.21. The maximum Gasteiger partial charge on any atom is 0.147 e. The quantitative estimate of drug-likeness (QED) is 0.785. The van der Waals surface area contributed by atoms with E-state index in [4.69, 9.17) is 5.73 Å². The molecule has 15 heavy (non-hydrogen) atoms. The second kappa shape index (κ2) is 4.57. The van der Waals surface area contributed by atoms with Gasteiger partial charge in [0.2, 0.25) is 0 Å². The van der Waals surface area contributed by atoms with Crippen LogP contribution in [-0.4, -0.2) is 29.1 Å². The predicted octanol–water partition coefficient (Wildman–Crippen LogP) is 1.04. The Hall–Kier alpha value is -1.16. The molecule has 2 heterocycles. The fraction of sp³-hybridized carbons (Fsp3) is 0.636. The van der Waals surface area contributed by atoms with Crippen LogP contribution in [0.15, 0.2) is 18.6 Å². The molecule has 2 N–H and O–H groups in total. The Labute approximate surface area is 90.5 Å². The summed E-state index contributed by atoms with van der Waals surface area (Å²) < 4.78 is 0. The molecular weight excluding hydrogens is 188 g/mol. The summed E-state index contributed by atoms with van der Waals surface area (Å²) in [6.45, 7) is 4.21. The Morgan fingerprint density at radius 1 is 1.53 bits per heavy atom. The van der Waals surface area contributed by atoms with Gasteiger partial charge >= 0.3 is 0 Å². The molecule has 1 aliphatic rings. The second-order valence-electron chi connectivity index (χ2n) is 4.13. The molecule has 0 spiro atoms. The van der Waals surface area contributed by atoms with E-state index in [1.54, 1.807) is 12.4 Å². The number of hydrogen-bond acceptors (Lipinski definition) is 4. The van der Waals surface area contributed by atoms with Crippen molar-refractivity contribution in [2.24, 2.45) is 11.7 Å². The zero-order chi connectivity index (χ0) is 10.7. The van der Waals surface area contributed by atoms with E-state index in [1.807, 2.05) is 6.20 Å². The van der Waals surface area contributed by atoms with Gasteiger partial charge in [-0.3, -0.25) is 4.98 Å². The summed E-state index contributed by atoms with van der Waals surface area (Å²) in [4.78, 5) is 10.7. The Kier molecular flexibility index (Phi) is 3.16. The van der Waals surface area contributed by atoms with E-state index in [1.165, 1.54) is 0 Å². The molecular formula is C11H18N4. The van der Waals surface area contributed by atoms with Gasteiger partial charge in [-0.25, -0.2) is 4.98 Å². The molecule has 0 aliphatic carbocycles. The maximum atomic E-state index is 6.07. The van der Waals surface area contributed by atoms with Crippen molar-refractivity contribution in [2.45, 2.75) is 25.8 Å². The number of aromatic nitrogens is 2. The lowest BCUT2D eigenvalue weighted by atomic mass is 9.91. The molecule has 82 valence electrons. The monoisotopic (exact) mass is 206 g/mol. The van der Waals surface area contributed by atoms with Gasteiger partial charge in [0.1, 0.15) is 5.82 Å². The maximum absolute atomic E-state index is 6.07. The van der Waals surface area contributed by atoms with Gasteiger partial charge in [-0.15, -0.1) is 0 Å². The topological polar surface area (TPSA) is 55.0 Å². The number of anilines is 1. The van der Waals surface area contributed by atoms with Crippen LogP contribution in [0, 0.1) is 5.92 Å². The predicted molar refractivity (Wildman–Crippen MR) is 60.6 cm³/mol. The fourth-order valence-electron chi connectivity index (χ4n) is 2.14. The molecule has 4 nitrogen and oxygen atoms in total. The molecule has 1 saturated heterocycles. The van der Waals surface area contributed by atoms with Crippen LogP contribution >= 0.6 is 0 Å². The van der Waals surface area contributed by atoms with Crippen LogP contribution in [0.4, 0.5) is 5.82 Å². The van der Waals surface area contributed by atoms with Crippen molar-refractivity contribution < 1.29 is 0 Å². The first-order valence-corrected chi connectivity index (χ1v) is 5.57. The van der Waals surface area contributed by atoms with Crippen molar-refractivity contribution >= 4 is 5.82 Å². The number of nitrogens with two attached hydrogens (primary N) is 1. The Morgan fingerprint density at radius 3 is 3.07 bits per heavy atom. The minimum absolute atomic E-state index is 0.350. The molecule has 0 saturated carbocycles. The highest BCUT2D eigenvalue weighted by atomic mass is 15.2. The van der Waals surface area contributed by atoms with Crippen LogP contribution in [0.1, 0.15) is 19.8 Å². The highest BCUT2D eigenvalue weighted by Gasteiger charge is 2.25. The molecule has 2 unspecified atom stereocenters. The van der Waals surface area contributed by atoms with Crippen molar-refractivity contribution in [3.8, 4) is 0 Å². The summed E-state index contributed by atoms with van der Waals surface area (Å²) in [6.07, 6.45) is 7.46. The highest BCUT2D eigenvalue weighted by molar-refractivity contribution is 5.35. The molecule has 2 atom stereocenters. The van der Waals surface area contributed by atoms with E-state index >= 15 is 0 Å². The molecule has 1 aromatic heterocycles. The molecule has 4 heteroatoms. The van der Waals surface area contributed by atoms with Gasteiger partial charge in [-0.05, 0) is 12.3 Å². The largest absolute Gasteiger partial charge is 0.355 e. The SMILES string of the molecule is CCC1CN(c2cnccn2)CCC1N. The molecule has 0 bridgehead atoms. The third-order valence-corrected chi connectivity index (χ3v) is 3.19. The average Bonchev–Trinajstić information content (AvgIpc) is 2.31. The summed E-state index contributed by atoms with van der Waals surface area (Å²) in [6, 6.07) is 0.350. The number of nitrogens with zero attached hydrogens (tertiary/aromatic N) is 3. The zero-order valence-electron chi connectivity index (χ0n) is 9.13. The van der Waals surface area contributed by atoms with E-state index in [2.05, 4.69) is 21.8 Å². The number of rotatable bonds is 2. The van der Waals surface area contributed by atoms with Gasteiger partial charge in [0.05, 0.1) is 6.20 Å². The first kappa shape index (κ1) is 10.4. The normalized spacial score (nSPS) is 26.7. The summed E-state index contributed by atoms with van der Waals surface area (Å²) in [5, 5.41) is 0. The fourth-order valence-corrected chi connectivity index (χ4v) is 2.14. The standard InChI is InChI=1S/C11H18N4/c1-2-9-8-15(6-3-10(9)12)11-7-13-4-5-14-11/h4-5,7,9-10H,2-3,6,8,12H2,1H3. The van der Waals surface area contributed by atoms with Crippen LogP contribution in [0.2, 0.25) is 0 Å². The number of hydrogen-bond donors (Lipinski definition) is 1. The van der Waals surface area contributed by atoms with Gasteiger partial charge in [0.15, 0.2) is 0 Å². The third-order valence-electron chi connectivity index (χ3n) is 3.19. The molecule has 0 amide bonds. The van der Waals surface area contributed by atoms with Crippen LogP contribution in [-0.2, 0) is 0 Å². The molecule has 1 aliphatic heterocycles. The molecule has 1 fully saturated rings. The van der Waals surface area contributed by atoms with Crippen molar-refractivity contribution in [2.75, 3.05) is 18.0 Å². The third kappa shape index (κ3) is 2.26. The minimum Gasteiger partial charge on any atom is -0.355 e. The van der Waals surface area contributed by atoms with Gasteiger partial charge in [-0.1, -0.05) is 13.3 Å². The minimum atomic E-state index is 0.350. The first-order valence-electron chi connectivity index (χ1n) is 5.57. The van der Waals surface area contributed by atoms with Crippen LogP contribution in [0.25, 0.3) is 0 Å². The lowest BCUT2D eigenvalue weighted by Gasteiger charge is -2.36. The van der Waals surface area contributed by atoms with E-state index in [0.717, 1.165) is 31.7 Å². The Bertz CT molecular complexity index is 301. The van der Waals surface area contributed by atoms with E-state index in [9.17, 15) is 0 Å². The molecule has 0 radical (unpaired) electrons. The van der Waals surface area contributed by atoms with E-state index < -0.39 is 0 Å². The molecule has 0 aromatic carbocycles. The summed E-state index contributed by atoms with van der Waals surface area (Å²) in [5.74, 6) is 1.56. The van der Waals surface area contributed by atoms with E-state index in [0.29, 0.717) is 12.0 Å². The second-order valence-corrected chi connectivity index (χ2v) is 4.13.